The zero-order valence-electron chi connectivity index (χ0n) is 12.0. The molecule has 0 aliphatic carbocycles. The lowest BCUT2D eigenvalue weighted by atomic mass is 9.99. The van der Waals surface area contributed by atoms with Gasteiger partial charge in [-0.25, -0.2) is 4.79 Å². The quantitative estimate of drug-likeness (QED) is 0.728. The molecule has 0 bridgehead atoms. The van der Waals surface area contributed by atoms with Gasteiger partial charge in [-0.1, -0.05) is 36.8 Å². The largest absolute Gasteiger partial charge is 0.479 e. The van der Waals surface area contributed by atoms with Crippen molar-refractivity contribution in [1.82, 2.24) is 5.32 Å². The molecule has 0 saturated carbocycles. The SMILES string of the molecule is Cc1ccc(CC(C)C(=O)NCC(C)(O)C(=O)O)cc1. The summed E-state index contributed by atoms with van der Waals surface area (Å²) < 4.78 is 0. The summed E-state index contributed by atoms with van der Waals surface area (Å²) in [6.07, 6.45) is 0.571. The Morgan fingerprint density at radius 3 is 2.35 bits per heavy atom. The summed E-state index contributed by atoms with van der Waals surface area (Å²) in [5.74, 6) is -1.92. The minimum absolute atomic E-state index is 0.271. The molecular weight excluding hydrogens is 258 g/mol. The van der Waals surface area contributed by atoms with Crippen molar-refractivity contribution in [1.29, 1.82) is 0 Å². The van der Waals surface area contributed by atoms with Crippen molar-refractivity contribution in [2.24, 2.45) is 5.92 Å². The summed E-state index contributed by atoms with van der Waals surface area (Å²) in [6, 6.07) is 7.89. The Balaban J connectivity index is 2.51. The van der Waals surface area contributed by atoms with Crippen LogP contribution in [0.1, 0.15) is 25.0 Å². The highest BCUT2D eigenvalue weighted by molar-refractivity contribution is 5.81. The smallest absolute Gasteiger partial charge is 0.337 e. The van der Waals surface area contributed by atoms with Gasteiger partial charge in [-0.3, -0.25) is 4.79 Å². The lowest BCUT2D eigenvalue weighted by Crippen LogP contribution is -2.47. The predicted octanol–water partition coefficient (Wildman–Crippen LogP) is 1.13. The predicted molar refractivity (Wildman–Crippen MR) is 75.3 cm³/mol. The van der Waals surface area contributed by atoms with Crippen molar-refractivity contribution >= 4 is 11.9 Å². The molecule has 1 aromatic rings. The van der Waals surface area contributed by atoms with Crippen LogP contribution in [0.3, 0.4) is 0 Å². The fraction of sp³-hybridized carbons (Fsp3) is 0.467. The standard InChI is InChI=1S/C15H21NO4/c1-10-4-6-12(7-5-10)8-11(2)13(17)16-9-15(3,20)14(18)19/h4-7,11,20H,8-9H2,1-3H3,(H,16,17)(H,18,19). The van der Waals surface area contributed by atoms with Gasteiger partial charge < -0.3 is 15.5 Å². The van der Waals surface area contributed by atoms with E-state index in [4.69, 9.17) is 5.11 Å². The van der Waals surface area contributed by atoms with E-state index in [9.17, 15) is 14.7 Å². The Hall–Kier alpha value is -1.88. The lowest BCUT2D eigenvalue weighted by molar-refractivity contribution is -0.156. The Morgan fingerprint density at radius 2 is 1.85 bits per heavy atom. The number of benzene rings is 1. The average Bonchev–Trinajstić information content (AvgIpc) is 2.38. The van der Waals surface area contributed by atoms with Crippen LogP contribution in [0.15, 0.2) is 24.3 Å². The molecule has 3 N–H and O–H groups in total. The molecule has 5 nitrogen and oxygen atoms in total. The van der Waals surface area contributed by atoms with E-state index in [2.05, 4.69) is 5.32 Å². The van der Waals surface area contributed by atoms with Crippen LogP contribution in [0.5, 0.6) is 0 Å². The number of aliphatic carboxylic acids is 1. The minimum Gasteiger partial charge on any atom is -0.479 e. The summed E-state index contributed by atoms with van der Waals surface area (Å²) in [4.78, 5) is 22.6. The van der Waals surface area contributed by atoms with Crippen LogP contribution < -0.4 is 5.32 Å². The summed E-state index contributed by atoms with van der Waals surface area (Å²) in [6.45, 7) is 4.61. The summed E-state index contributed by atoms with van der Waals surface area (Å²) in [5, 5.41) is 20.7. The van der Waals surface area contributed by atoms with Crippen LogP contribution in [0.25, 0.3) is 0 Å². The van der Waals surface area contributed by atoms with E-state index in [1.807, 2.05) is 31.2 Å². The molecular formula is C15H21NO4. The third kappa shape index (κ3) is 4.66. The van der Waals surface area contributed by atoms with Gasteiger partial charge >= 0.3 is 5.97 Å². The van der Waals surface area contributed by atoms with Crippen molar-refractivity contribution in [3.8, 4) is 0 Å². The van der Waals surface area contributed by atoms with Crippen LogP contribution in [0, 0.1) is 12.8 Å². The topological polar surface area (TPSA) is 86.6 Å². The van der Waals surface area contributed by atoms with Gasteiger partial charge in [-0.2, -0.15) is 0 Å². The fourth-order valence-electron chi connectivity index (χ4n) is 1.68. The Morgan fingerprint density at radius 1 is 1.30 bits per heavy atom. The molecule has 0 fully saturated rings. The average molecular weight is 279 g/mol. The molecule has 0 aliphatic heterocycles. The molecule has 2 unspecified atom stereocenters. The Bertz CT molecular complexity index is 479. The van der Waals surface area contributed by atoms with Crippen LogP contribution in [0.2, 0.25) is 0 Å². The summed E-state index contributed by atoms with van der Waals surface area (Å²) in [7, 11) is 0. The number of carboxylic acids is 1. The first-order valence-corrected chi connectivity index (χ1v) is 6.51. The van der Waals surface area contributed by atoms with Gasteiger partial charge in [-0.05, 0) is 25.8 Å². The Labute approximate surface area is 118 Å². The van der Waals surface area contributed by atoms with Crippen molar-refractivity contribution in [2.45, 2.75) is 32.8 Å². The molecule has 0 spiro atoms. The third-order valence-electron chi connectivity index (χ3n) is 3.18. The number of amides is 1. The molecule has 110 valence electrons. The van der Waals surface area contributed by atoms with E-state index in [1.54, 1.807) is 6.92 Å². The van der Waals surface area contributed by atoms with E-state index >= 15 is 0 Å². The first-order chi connectivity index (χ1) is 9.22. The number of carboxylic acid groups (broad SMARTS) is 1. The van der Waals surface area contributed by atoms with Crippen LogP contribution in [-0.4, -0.2) is 34.2 Å². The fourth-order valence-corrected chi connectivity index (χ4v) is 1.68. The van der Waals surface area contributed by atoms with Crippen molar-refractivity contribution in [3.63, 3.8) is 0 Å². The number of aryl methyl sites for hydroxylation is 1. The third-order valence-corrected chi connectivity index (χ3v) is 3.18. The van der Waals surface area contributed by atoms with Crippen molar-refractivity contribution in [3.05, 3.63) is 35.4 Å². The van der Waals surface area contributed by atoms with E-state index in [0.717, 1.165) is 18.1 Å². The van der Waals surface area contributed by atoms with Gasteiger partial charge in [-0.15, -0.1) is 0 Å². The van der Waals surface area contributed by atoms with Crippen LogP contribution in [-0.2, 0) is 16.0 Å². The maximum absolute atomic E-state index is 11.9. The second-order valence-electron chi connectivity index (χ2n) is 5.39. The molecule has 20 heavy (non-hydrogen) atoms. The number of aliphatic hydroxyl groups is 1. The monoisotopic (exact) mass is 279 g/mol. The first kappa shape index (κ1) is 16.2. The van der Waals surface area contributed by atoms with E-state index in [-0.39, 0.29) is 18.4 Å². The highest BCUT2D eigenvalue weighted by Gasteiger charge is 2.30. The second-order valence-corrected chi connectivity index (χ2v) is 5.39. The molecule has 1 rings (SSSR count). The van der Waals surface area contributed by atoms with Gasteiger partial charge in [0.15, 0.2) is 5.60 Å². The minimum atomic E-state index is -1.95. The highest BCUT2D eigenvalue weighted by Crippen LogP contribution is 2.10. The summed E-state index contributed by atoms with van der Waals surface area (Å²) in [5.41, 5.74) is 0.255. The number of hydrogen-bond donors (Lipinski definition) is 3. The van der Waals surface area contributed by atoms with E-state index in [1.165, 1.54) is 0 Å². The number of nitrogens with one attached hydrogen (secondary N) is 1. The number of carbonyl (C=O) groups excluding carboxylic acids is 1. The van der Waals surface area contributed by atoms with Crippen LogP contribution in [0.4, 0.5) is 0 Å². The van der Waals surface area contributed by atoms with Gasteiger partial charge in [0.2, 0.25) is 5.91 Å². The molecule has 5 heteroatoms. The van der Waals surface area contributed by atoms with E-state index in [0.29, 0.717) is 6.42 Å². The van der Waals surface area contributed by atoms with Gasteiger partial charge in [0.1, 0.15) is 0 Å². The number of rotatable bonds is 6. The van der Waals surface area contributed by atoms with Gasteiger partial charge in [0.05, 0.1) is 6.54 Å². The lowest BCUT2D eigenvalue weighted by Gasteiger charge is -2.20. The molecule has 0 aromatic heterocycles. The summed E-state index contributed by atoms with van der Waals surface area (Å²) >= 11 is 0. The maximum atomic E-state index is 11.9. The molecule has 0 saturated heterocycles. The van der Waals surface area contributed by atoms with Crippen molar-refractivity contribution in [2.75, 3.05) is 6.54 Å². The molecule has 0 heterocycles. The van der Waals surface area contributed by atoms with Gasteiger partial charge in [0.25, 0.3) is 0 Å². The van der Waals surface area contributed by atoms with E-state index < -0.39 is 11.6 Å². The molecule has 0 radical (unpaired) electrons. The van der Waals surface area contributed by atoms with Crippen LogP contribution >= 0.6 is 0 Å². The van der Waals surface area contributed by atoms with Crippen molar-refractivity contribution < 1.29 is 19.8 Å². The Kier molecular flexibility index (Phi) is 5.27. The number of carbonyl (C=O) groups is 2. The molecule has 1 aromatic carbocycles. The van der Waals surface area contributed by atoms with Gasteiger partial charge in [0, 0.05) is 5.92 Å². The molecule has 0 aliphatic rings. The first-order valence-electron chi connectivity index (χ1n) is 6.51. The number of hydrogen-bond acceptors (Lipinski definition) is 3. The second kappa shape index (κ2) is 6.52. The zero-order chi connectivity index (χ0) is 15.3. The molecule has 2 atom stereocenters. The normalized spacial score (nSPS) is 15.2. The molecule has 1 amide bonds. The highest BCUT2D eigenvalue weighted by atomic mass is 16.4. The maximum Gasteiger partial charge on any atom is 0.337 e. The zero-order valence-corrected chi connectivity index (χ0v) is 12.0.